The van der Waals surface area contributed by atoms with Crippen LogP contribution in [-0.2, 0) is 0 Å². The lowest BCUT2D eigenvalue weighted by Gasteiger charge is -2.04. The highest BCUT2D eigenvalue weighted by Crippen LogP contribution is 2.29. The van der Waals surface area contributed by atoms with E-state index in [0.29, 0.717) is 22.3 Å². The van der Waals surface area contributed by atoms with Gasteiger partial charge in [0.15, 0.2) is 0 Å². The quantitative estimate of drug-likeness (QED) is 0.651. The van der Waals surface area contributed by atoms with Crippen molar-refractivity contribution in [2.45, 2.75) is 6.92 Å². The summed E-state index contributed by atoms with van der Waals surface area (Å²) in [5.41, 5.74) is 2.27. The molecule has 0 aromatic carbocycles. The lowest BCUT2D eigenvalue weighted by Crippen LogP contribution is -1.94. The number of halogens is 1. The van der Waals surface area contributed by atoms with E-state index in [2.05, 4.69) is 20.2 Å². The van der Waals surface area contributed by atoms with Crippen LogP contribution < -0.4 is 0 Å². The van der Waals surface area contributed by atoms with Crippen LogP contribution in [0.15, 0.2) is 30.7 Å². The predicted octanol–water partition coefficient (Wildman–Crippen LogP) is 2.47. The van der Waals surface area contributed by atoms with E-state index in [0.717, 1.165) is 5.39 Å². The molecule has 17 heavy (non-hydrogen) atoms. The molecule has 0 fully saturated rings. The van der Waals surface area contributed by atoms with Gasteiger partial charge in [-0.25, -0.2) is 4.98 Å². The molecule has 0 spiro atoms. The van der Waals surface area contributed by atoms with Crippen LogP contribution >= 0.6 is 0 Å². The standard InChI is InChI=1S/C12H9FN4/c1-7-9-6-15-17-11(9)10(12(13)16-7)8-3-2-4-14-5-8/h2-6H,1H3,(H,15,17). The Kier molecular flexibility index (Phi) is 2.11. The minimum Gasteiger partial charge on any atom is -0.284 e. The number of rotatable bonds is 1. The van der Waals surface area contributed by atoms with E-state index < -0.39 is 5.95 Å². The molecule has 0 saturated heterocycles. The van der Waals surface area contributed by atoms with E-state index in [9.17, 15) is 4.39 Å². The number of nitrogens with zero attached hydrogens (tertiary/aromatic N) is 3. The smallest absolute Gasteiger partial charge is 0.223 e. The molecule has 0 amide bonds. The number of aromatic amines is 1. The largest absolute Gasteiger partial charge is 0.284 e. The molecule has 0 atom stereocenters. The Morgan fingerprint density at radius 1 is 1.35 bits per heavy atom. The number of hydrogen-bond acceptors (Lipinski definition) is 3. The molecule has 1 N–H and O–H groups in total. The third kappa shape index (κ3) is 1.47. The van der Waals surface area contributed by atoms with Gasteiger partial charge in [-0.1, -0.05) is 6.07 Å². The topological polar surface area (TPSA) is 54.5 Å². The molecule has 3 aromatic rings. The normalized spacial score (nSPS) is 10.9. The van der Waals surface area contributed by atoms with Crippen LogP contribution in [0.3, 0.4) is 0 Å². The molecule has 0 unspecified atom stereocenters. The lowest BCUT2D eigenvalue weighted by atomic mass is 10.1. The zero-order valence-electron chi connectivity index (χ0n) is 9.11. The molecule has 0 saturated carbocycles. The molecule has 0 aliphatic rings. The molecular weight excluding hydrogens is 219 g/mol. The molecule has 3 heterocycles. The zero-order chi connectivity index (χ0) is 11.8. The predicted molar refractivity (Wildman–Crippen MR) is 61.8 cm³/mol. The van der Waals surface area contributed by atoms with Crippen molar-refractivity contribution in [1.29, 1.82) is 0 Å². The first-order chi connectivity index (χ1) is 8.27. The Hall–Kier alpha value is -2.30. The molecular formula is C12H9FN4. The summed E-state index contributed by atoms with van der Waals surface area (Å²) in [5.74, 6) is -0.518. The average molecular weight is 228 g/mol. The van der Waals surface area contributed by atoms with Crippen molar-refractivity contribution in [1.82, 2.24) is 20.2 Å². The number of H-pyrrole nitrogens is 1. The molecule has 0 aliphatic carbocycles. The van der Waals surface area contributed by atoms with Crippen molar-refractivity contribution in [2.24, 2.45) is 0 Å². The first-order valence-corrected chi connectivity index (χ1v) is 5.17. The molecule has 84 valence electrons. The third-order valence-electron chi connectivity index (χ3n) is 2.69. The number of pyridine rings is 2. The minimum absolute atomic E-state index is 0.389. The Morgan fingerprint density at radius 2 is 2.24 bits per heavy atom. The summed E-state index contributed by atoms with van der Waals surface area (Å²) in [6.07, 6.45) is 4.96. The fraction of sp³-hybridized carbons (Fsp3) is 0.0833. The molecule has 0 bridgehead atoms. The molecule has 4 nitrogen and oxygen atoms in total. The summed E-state index contributed by atoms with van der Waals surface area (Å²) >= 11 is 0. The van der Waals surface area contributed by atoms with E-state index in [1.54, 1.807) is 37.6 Å². The number of hydrogen-bond donors (Lipinski definition) is 1. The molecule has 5 heteroatoms. The van der Waals surface area contributed by atoms with Gasteiger partial charge < -0.3 is 0 Å². The van der Waals surface area contributed by atoms with Gasteiger partial charge in [0.2, 0.25) is 5.95 Å². The van der Waals surface area contributed by atoms with Crippen LogP contribution in [0.2, 0.25) is 0 Å². The fourth-order valence-corrected chi connectivity index (χ4v) is 1.88. The van der Waals surface area contributed by atoms with Gasteiger partial charge >= 0.3 is 0 Å². The van der Waals surface area contributed by atoms with Crippen molar-refractivity contribution < 1.29 is 4.39 Å². The monoisotopic (exact) mass is 228 g/mol. The molecule has 0 radical (unpaired) electrons. The fourth-order valence-electron chi connectivity index (χ4n) is 1.88. The van der Waals surface area contributed by atoms with Gasteiger partial charge in [-0.15, -0.1) is 0 Å². The Labute approximate surface area is 96.5 Å². The van der Waals surface area contributed by atoms with Gasteiger partial charge in [0, 0.05) is 29.5 Å². The van der Waals surface area contributed by atoms with Gasteiger partial charge in [0.25, 0.3) is 0 Å². The summed E-state index contributed by atoms with van der Waals surface area (Å²) in [7, 11) is 0. The van der Waals surface area contributed by atoms with Crippen LogP contribution in [0, 0.1) is 12.9 Å². The van der Waals surface area contributed by atoms with E-state index in [-0.39, 0.29) is 0 Å². The summed E-state index contributed by atoms with van der Waals surface area (Å²) in [6.45, 7) is 1.76. The summed E-state index contributed by atoms with van der Waals surface area (Å²) < 4.78 is 14.0. The van der Waals surface area contributed by atoms with Crippen LogP contribution in [0.1, 0.15) is 5.69 Å². The van der Waals surface area contributed by atoms with E-state index >= 15 is 0 Å². The molecule has 3 aromatic heterocycles. The first-order valence-electron chi connectivity index (χ1n) is 5.17. The van der Waals surface area contributed by atoms with Crippen LogP contribution in [0.5, 0.6) is 0 Å². The van der Waals surface area contributed by atoms with Crippen molar-refractivity contribution in [2.75, 3.05) is 0 Å². The third-order valence-corrected chi connectivity index (χ3v) is 2.69. The van der Waals surface area contributed by atoms with Crippen molar-refractivity contribution in [3.63, 3.8) is 0 Å². The summed E-state index contributed by atoms with van der Waals surface area (Å²) in [6, 6.07) is 3.55. The summed E-state index contributed by atoms with van der Waals surface area (Å²) in [4.78, 5) is 7.88. The average Bonchev–Trinajstić information content (AvgIpc) is 2.79. The summed E-state index contributed by atoms with van der Waals surface area (Å²) in [5, 5.41) is 7.65. The Bertz CT molecular complexity index is 676. The van der Waals surface area contributed by atoms with Gasteiger partial charge in [-0.05, 0) is 13.0 Å². The number of aromatic nitrogens is 4. The SMILES string of the molecule is Cc1nc(F)c(-c2cccnc2)c2n[nH]cc12. The van der Waals surface area contributed by atoms with E-state index in [1.165, 1.54) is 0 Å². The zero-order valence-corrected chi connectivity index (χ0v) is 9.11. The van der Waals surface area contributed by atoms with Gasteiger partial charge in [-0.3, -0.25) is 10.1 Å². The highest BCUT2D eigenvalue weighted by Gasteiger charge is 2.15. The van der Waals surface area contributed by atoms with E-state index in [4.69, 9.17) is 0 Å². The maximum atomic E-state index is 14.0. The van der Waals surface area contributed by atoms with Crippen LogP contribution in [-0.4, -0.2) is 20.2 Å². The maximum absolute atomic E-state index is 14.0. The Morgan fingerprint density at radius 3 is 3.00 bits per heavy atom. The van der Waals surface area contributed by atoms with Crippen molar-refractivity contribution in [3.05, 3.63) is 42.4 Å². The molecule has 3 rings (SSSR count). The highest BCUT2D eigenvalue weighted by molar-refractivity contribution is 5.94. The van der Waals surface area contributed by atoms with Gasteiger partial charge in [0.05, 0.1) is 11.3 Å². The lowest BCUT2D eigenvalue weighted by molar-refractivity contribution is 0.586. The van der Waals surface area contributed by atoms with Crippen molar-refractivity contribution >= 4 is 10.9 Å². The molecule has 0 aliphatic heterocycles. The second-order valence-electron chi connectivity index (χ2n) is 3.75. The number of nitrogens with one attached hydrogen (secondary N) is 1. The minimum atomic E-state index is -0.518. The second-order valence-corrected chi connectivity index (χ2v) is 3.75. The second kappa shape index (κ2) is 3.62. The van der Waals surface area contributed by atoms with E-state index in [1.807, 2.05) is 0 Å². The van der Waals surface area contributed by atoms with Gasteiger partial charge in [0.1, 0.15) is 5.52 Å². The van der Waals surface area contributed by atoms with Gasteiger partial charge in [-0.2, -0.15) is 9.49 Å². The number of fused-ring (bicyclic) bond motifs is 1. The van der Waals surface area contributed by atoms with Crippen LogP contribution in [0.4, 0.5) is 4.39 Å². The Balaban J connectivity index is 2.40. The van der Waals surface area contributed by atoms with Crippen molar-refractivity contribution in [3.8, 4) is 11.1 Å². The maximum Gasteiger partial charge on any atom is 0.223 e. The highest BCUT2D eigenvalue weighted by atomic mass is 19.1. The number of aryl methyl sites for hydroxylation is 1. The van der Waals surface area contributed by atoms with Crippen LogP contribution in [0.25, 0.3) is 22.0 Å². The first kappa shape index (κ1) is 9.89.